The molecule has 0 saturated carbocycles. The van der Waals surface area contributed by atoms with Gasteiger partial charge in [-0.1, -0.05) is 29.8 Å². The van der Waals surface area contributed by atoms with Crippen molar-refractivity contribution in [1.29, 1.82) is 0 Å². The molecule has 0 spiro atoms. The fourth-order valence-electron chi connectivity index (χ4n) is 4.54. The fraction of sp³-hybridized carbons (Fsp3) is 0.286. The molecule has 3 heterocycles. The fourth-order valence-corrected chi connectivity index (χ4v) is 6.77. The lowest BCUT2D eigenvalue weighted by atomic mass is 10.1. The van der Waals surface area contributed by atoms with Gasteiger partial charge in [0.05, 0.1) is 28.7 Å². The third-order valence-corrected chi connectivity index (χ3v) is 8.97. The first-order valence-corrected chi connectivity index (χ1v) is 14.7. The molecule has 0 aliphatic carbocycles. The maximum atomic E-state index is 14.9. The smallest absolute Gasteiger partial charge is 0.303 e. The lowest BCUT2D eigenvalue weighted by Gasteiger charge is -2.21. The average Bonchev–Trinajstić information content (AvgIpc) is 3.68. The number of carbonyl (C=O) groups excluding carboxylic acids is 2. The highest BCUT2D eigenvalue weighted by Crippen LogP contribution is 2.35. The summed E-state index contributed by atoms with van der Waals surface area (Å²) < 4.78 is 15.9. The second-order valence-corrected chi connectivity index (χ2v) is 11.8. The maximum Gasteiger partial charge on any atom is 0.303 e. The normalized spacial score (nSPS) is 15.5. The van der Waals surface area contributed by atoms with E-state index in [4.69, 9.17) is 21.5 Å². The number of Topliss-reactive ketones (excluding diaryl/α,β-unsaturated/α-hetero) is 1. The first-order valence-electron chi connectivity index (χ1n) is 12.6. The third-order valence-electron chi connectivity index (χ3n) is 6.53. The third kappa shape index (κ3) is 6.56. The number of hydrogen-bond donors (Lipinski definition) is 2. The lowest BCUT2D eigenvalue weighted by Crippen LogP contribution is -2.27. The predicted octanol–water partition coefficient (Wildman–Crippen LogP) is 6.30. The van der Waals surface area contributed by atoms with Gasteiger partial charge < -0.3 is 10.4 Å². The Morgan fingerprint density at radius 1 is 1.25 bits per heavy atom. The SMILES string of the molecule is O=C(O)CCc1cnc([C@@H]2CCCN2OCC(=O)Cc2cc(Cl)c(NC(=O)c3csc4ccccc34)cc2F)s1. The Morgan fingerprint density at radius 2 is 2.08 bits per heavy atom. The maximum absolute atomic E-state index is 14.9. The van der Waals surface area contributed by atoms with Crippen molar-refractivity contribution in [1.82, 2.24) is 10.0 Å². The van der Waals surface area contributed by atoms with E-state index in [9.17, 15) is 18.8 Å². The Labute approximate surface area is 242 Å². The van der Waals surface area contributed by atoms with Crippen LogP contribution in [0.2, 0.25) is 5.02 Å². The first kappa shape index (κ1) is 28.3. The standard InChI is InChI=1S/C28H25ClFN3O5S2/c29-21-11-16(22(30)12-23(21)32-27(37)20-15-39-25-6-2-1-4-19(20)25)10-17(34)14-38-33-9-3-5-24(33)28-31-13-18(40-28)7-8-26(35)36/h1-2,4,6,11-13,15,24H,3,5,7-10,14H2,(H,32,37)(H,35,36)/t24-/m0/s1. The van der Waals surface area contributed by atoms with Crippen LogP contribution < -0.4 is 5.32 Å². The number of nitrogens with one attached hydrogen (secondary N) is 1. The van der Waals surface area contributed by atoms with E-state index in [1.807, 2.05) is 24.3 Å². The van der Waals surface area contributed by atoms with Gasteiger partial charge in [0, 0.05) is 39.5 Å². The van der Waals surface area contributed by atoms with Gasteiger partial charge in [-0.25, -0.2) is 9.37 Å². The van der Waals surface area contributed by atoms with Gasteiger partial charge in [-0.3, -0.25) is 19.2 Å². The number of carbonyl (C=O) groups is 3. The van der Waals surface area contributed by atoms with Gasteiger partial charge in [0.15, 0.2) is 5.78 Å². The number of thiophene rings is 1. The molecule has 0 unspecified atom stereocenters. The molecule has 1 aliphatic heterocycles. The molecule has 1 amide bonds. The van der Waals surface area contributed by atoms with Crippen LogP contribution in [0.25, 0.3) is 10.1 Å². The largest absolute Gasteiger partial charge is 0.481 e. The van der Waals surface area contributed by atoms with Crippen LogP contribution in [0, 0.1) is 5.82 Å². The summed E-state index contributed by atoms with van der Waals surface area (Å²) in [6, 6.07) is 9.86. The van der Waals surface area contributed by atoms with Gasteiger partial charge in [-0.05, 0) is 43.0 Å². The lowest BCUT2D eigenvalue weighted by molar-refractivity contribution is -0.176. The van der Waals surface area contributed by atoms with Crippen LogP contribution in [0.5, 0.6) is 0 Å². The van der Waals surface area contributed by atoms with E-state index in [1.54, 1.807) is 16.6 Å². The number of anilines is 1. The number of benzene rings is 2. The Bertz CT molecular complexity index is 1570. The number of nitrogens with zero attached hydrogens (tertiary/aromatic N) is 2. The molecular weight excluding hydrogens is 577 g/mol. The number of carboxylic acid groups (broad SMARTS) is 1. The number of aliphatic carboxylic acids is 1. The summed E-state index contributed by atoms with van der Waals surface area (Å²) in [7, 11) is 0. The Hall–Kier alpha value is -3.22. The van der Waals surface area contributed by atoms with E-state index in [1.165, 1.54) is 28.7 Å². The van der Waals surface area contributed by atoms with Crippen molar-refractivity contribution >= 4 is 67.7 Å². The van der Waals surface area contributed by atoms with Crippen molar-refractivity contribution in [3.05, 3.63) is 79.8 Å². The van der Waals surface area contributed by atoms with Gasteiger partial charge in [0.1, 0.15) is 17.4 Å². The van der Waals surface area contributed by atoms with Crippen molar-refractivity contribution in [2.45, 2.75) is 38.1 Å². The molecule has 2 N–H and O–H groups in total. The topological polar surface area (TPSA) is 109 Å². The molecule has 12 heteroatoms. The second kappa shape index (κ2) is 12.5. The minimum atomic E-state index is -0.858. The summed E-state index contributed by atoms with van der Waals surface area (Å²) >= 11 is 9.24. The first-order chi connectivity index (χ1) is 19.3. The molecule has 0 radical (unpaired) electrons. The van der Waals surface area contributed by atoms with Crippen molar-refractivity contribution in [3.63, 3.8) is 0 Å². The number of aryl methyl sites for hydroxylation is 1. The number of aromatic nitrogens is 1. The van der Waals surface area contributed by atoms with Crippen molar-refractivity contribution in [2.24, 2.45) is 0 Å². The number of ketones is 1. The zero-order valence-electron chi connectivity index (χ0n) is 21.2. The molecule has 1 saturated heterocycles. The Kier molecular flexibility index (Phi) is 8.87. The van der Waals surface area contributed by atoms with E-state index in [-0.39, 0.29) is 47.5 Å². The van der Waals surface area contributed by atoms with E-state index in [0.717, 1.165) is 38.9 Å². The summed E-state index contributed by atoms with van der Waals surface area (Å²) in [5, 5.41) is 16.8. The van der Waals surface area contributed by atoms with Crippen LogP contribution in [-0.2, 0) is 27.3 Å². The molecule has 2 aromatic heterocycles. The van der Waals surface area contributed by atoms with Crippen LogP contribution in [0.15, 0.2) is 48.0 Å². The number of rotatable bonds is 11. The van der Waals surface area contributed by atoms with E-state index >= 15 is 0 Å². The van der Waals surface area contributed by atoms with Gasteiger partial charge in [-0.2, -0.15) is 5.06 Å². The molecule has 1 fully saturated rings. The minimum absolute atomic E-state index is 0.0424. The number of thiazole rings is 1. The molecule has 4 aromatic rings. The van der Waals surface area contributed by atoms with Crippen LogP contribution in [0.3, 0.4) is 0 Å². The predicted molar refractivity (Wildman–Crippen MR) is 153 cm³/mol. The van der Waals surface area contributed by atoms with Gasteiger partial charge >= 0.3 is 5.97 Å². The monoisotopic (exact) mass is 601 g/mol. The van der Waals surface area contributed by atoms with E-state index in [2.05, 4.69) is 10.3 Å². The molecule has 5 rings (SSSR count). The molecule has 1 atom stereocenters. The summed E-state index contributed by atoms with van der Waals surface area (Å²) in [5.74, 6) is -2.24. The summed E-state index contributed by atoms with van der Waals surface area (Å²) in [4.78, 5) is 47.4. The molecule has 208 valence electrons. The number of hydrogen-bond acceptors (Lipinski definition) is 8. The van der Waals surface area contributed by atoms with Crippen LogP contribution >= 0.6 is 34.3 Å². The molecule has 2 aromatic carbocycles. The van der Waals surface area contributed by atoms with Gasteiger partial charge in [-0.15, -0.1) is 22.7 Å². The zero-order chi connectivity index (χ0) is 28.2. The van der Waals surface area contributed by atoms with E-state index in [0.29, 0.717) is 18.5 Å². The number of amides is 1. The van der Waals surface area contributed by atoms with Crippen molar-refractivity contribution in [3.8, 4) is 0 Å². The highest BCUT2D eigenvalue weighted by molar-refractivity contribution is 7.17. The Balaban J connectivity index is 1.17. The van der Waals surface area contributed by atoms with Crippen LogP contribution in [0.1, 0.15) is 51.1 Å². The van der Waals surface area contributed by atoms with Gasteiger partial charge in [0.2, 0.25) is 0 Å². The van der Waals surface area contributed by atoms with Crippen LogP contribution in [0.4, 0.5) is 10.1 Å². The molecule has 0 bridgehead atoms. The molecule has 8 nitrogen and oxygen atoms in total. The van der Waals surface area contributed by atoms with Gasteiger partial charge in [0.25, 0.3) is 5.91 Å². The summed E-state index contributed by atoms with van der Waals surface area (Å²) in [6.45, 7) is 0.379. The summed E-state index contributed by atoms with van der Waals surface area (Å²) in [5.41, 5.74) is 0.708. The Morgan fingerprint density at radius 3 is 2.90 bits per heavy atom. The zero-order valence-corrected chi connectivity index (χ0v) is 23.6. The molecule has 40 heavy (non-hydrogen) atoms. The number of halogens is 2. The quantitative estimate of drug-likeness (QED) is 0.208. The molecular formula is C28H25ClFN3O5S2. The number of hydroxylamine groups is 2. The summed E-state index contributed by atoms with van der Waals surface area (Å²) in [6.07, 6.45) is 3.59. The second-order valence-electron chi connectivity index (χ2n) is 9.37. The minimum Gasteiger partial charge on any atom is -0.481 e. The molecule has 1 aliphatic rings. The highest BCUT2D eigenvalue weighted by atomic mass is 35.5. The number of carboxylic acids is 1. The highest BCUT2D eigenvalue weighted by Gasteiger charge is 2.30. The van der Waals surface area contributed by atoms with Crippen LogP contribution in [-0.4, -0.2) is 46.0 Å². The van der Waals surface area contributed by atoms with Crippen molar-refractivity contribution < 1.29 is 28.7 Å². The van der Waals surface area contributed by atoms with E-state index < -0.39 is 17.7 Å². The average molecular weight is 602 g/mol. The number of fused-ring (bicyclic) bond motifs is 1. The van der Waals surface area contributed by atoms with Crippen molar-refractivity contribution in [2.75, 3.05) is 18.5 Å².